The monoisotopic (exact) mass is 317 g/mol. The zero-order valence-corrected chi connectivity index (χ0v) is 12.6. The highest BCUT2D eigenvalue weighted by atomic mass is 32.2. The second kappa shape index (κ2) is 5.50. The Balaban J connectivity index is 1.51. The predicted molar refractivity (Wildman–Crippen MR) is 80.6 cm³/mol. The van der Waals surface area contributed by atoms with Gasteiger partial charge in [0.05, 0.1) is 17.8 Å². The Labute approximate surface area is 129 Å². The molecule has 0 amide bonds. The normalized spacial score (nSPS) is 13.1. The number of hydrogen-bond acceptors (Lipinski definition) is 7. The van der Waals surface area contributed by atoms with Crippen LogP contribution in [0.25, 0.3) is 11.5 Å². The number of fused-ring (bicyclic) bond motifs is 1. The summed E-state index contributed by atoms with van der Waals surface area (Å²) in [6, 6.07) is 5.97. The van der Waals surface area contributed by atoms with E-state index in [0.29, 0.717) is 11.1 Å². The molecule has 0 N–H and O–H groups in total. The Kier molecular flexibility index (Phi) is 3.36. The zero-order valence-electron chi connectivity index (χ0n) is 11.0. The van der Waals surface area contributed by atoms with Crippen molar-refractivity contribution in [3.05, 3.63) is 40.3 Å². The van der Waals surface area contributed by atoms with E-state index in [0.717, 1.165) is 35.8 Å². The summed E-state index contributed by atoms with van der Waals surface area (Å²) in [4.78, 5) is 4.23. The lowest BCUT2D eigenvalue weighted by Gasteiger charge is -1.99. The largest absolute Gasteiger partial charge is 0.493 e. The van der Waals surface area contributed by atoms with Crippen LogP contribution in [-0.2, 0) is 12.2 Å². The average Bonchev–Trinajstić information content (AvgIpc) is 3.25. The molecule has 1 aliphatic heterocycles. The number of nitrogens with zero attached hydrogens (tertiary/aromatic N) is 3. The summed E-state index contributed by atoms with van der Waals surface area (Å²) in [7, 11) is 0. The van der Waals surface area contributed by atoms with Gasteiger partial charge in [-0.15, -0.1) is 21.5 Å². The molecule has 0 aliphatic carbocycles. The van der Waals surface area contributed by atoms with Gasteiger partial charge in [-0.3, -0.25) is 0 Å². The van der Waals surface area contributed by atoms with Gasteiger partial charge in [0.1, 0.15) is 5.75 Å². The summed E-state index contributed by atoms with van der Waals surface area (Å²) >= 11 is 3.08. The number of rotatable bonds is 4. The minimum Gasteiger partial charge on any atom is -0.493 e. The number of thiazole rings is 1. The van der Waals surface area contributed by atoms with E-state index in [9.17, 15) is 0 Å². The summed E-state index contributed by atoms with van der Waals surface area (Å²) < 4.78 is 11.2. The van der Waals surface area contributed by atoms with Crippen molar-refractivity contribution in [3.63, 3.8) is 0 Å². The molecule has 0 unspecified atom stereocenters. The third-order valence-electron chi connectivity index (χ3n) is 3.17. The molecule has 106 valence electrons. The summed E-state index contributed by atoms with van der Waals surface area (Å²) in [5.74, 6) is 2.24. The van der Waals surface area contributed by atoms with Gasteiger partial charge in [0.15, 0.2) is 0 Å². The van der Waals surface area contributed by atoms with Crippen LogP contribution in [0.4, 0.5) is 0 Å². The molecule has 0 fully saturated rings. The highest BCUT2D eigenvalue weighted by Crippen LogP contribution is 2.31. The molecule has 3 aromatic rings. The quantitative estimate of drug-likeness (QED) is 0.687. The first-order valence-electron chi connectivity index (χ1n) is 6.48. The first kappa shape index (κ1) is 12.8. The maximum Gasteiger partial charge on any atom is 0.277 e. The smallest absolute Gasteiger partial charge is 0.277 e. The van der Waals surface area contributed by atoms with E-state index in [1.807, 2.05) is 23.0 Å². The molecular weight excluding hydrogens is 306 g/mol. The lowest BCUT2D eigenvalue weighted by molar-refractivity contribution is 0.357. The molecule has 0 saturated heterocycles. The standard InChI is InChI=1S/C14H11N3O2S2/c1-2-12-9(3-4-18-12)5-10(1)13-16-17-14(19-13)21-7-11-6-20-8-15-11/h1-2,5-6,8H,3-4,7H2. The maximum atomic E-state index is 5.70. The Bertz CT molecular complexity index is 755. The fourth-order valence-electron chi connectivity index (χ4n) is 2.15. The fourth-order valence-corrected chi connectivity index (χ4v) is 3.48. The van der Waals surface area contributed by atoms with Crippen LogP contribution in [0, 0.1) is 0 Å². The molecule has 21 heavy (non-hydrogen) atoms. The Hall–Kier alpha value is -1.86. The summed E-state index contributed by atoms with van der Waals surface area (Å²) in [6.07, 6.45) is 0.933. The van der Waals surface area contributed by atoms with Gasteiger partial charge in [0.25, 0.3) is 5.22 Å². The van der Waals surface area contributed by atoms with Crippen molar-refractivity contribution >= 4 is 23.1 Å². The predicted octanol–water partition coefficient (Wildman–Crippen LogP) is 3.42. The van der Waals surface area contributed by atoms with E-state index in [1.54, 1.807) is 11.3 Å². The van der Waals surface area contributed by atoms with Gasteiger partial charge >= 0.3 is 0 Å². The summed E-state index contributed by atoms with van der Waals surface area (Å²) in [6.45, 7) is 0.747. The zero-order chi connectivity index (χ0) is 14.1. The number of hydrogen-bond donors (Lipinski definition) is 0. The second-order valence-electron chi connectivity index (χ2n) is 4.56. The molecule has 2 aromatic heterocycles. The van der Waals surface area contributed by atoms with Crippen LogP contribution in [0.2, 0.25) is 0 Å². The Morgan fingerprint density at radius 1 is 1.29 bits per heavy atom. The topological polar surface area (TPSA) is 61.0 Å². The SMILES string of the molecule is c1nc(CSc2nnc(-c3ccc4c(c3)CCO4)o2)cs1. The molecule has 0 spiro atoms. The number of thioether (sulfide) groups is 1. The van der Waals surface area contributed by atoms with Gasteiger partial charge in [0.2, 0.25) is 5.89 Å². The fraction of sp³-hybridized carbons (Fsp3) is 0.214. The van der Waals surface area contributed by atoms with E-state index >= 15 is 0 Å². The van der Waals surface area contributed by atoms with Crippen molar-refractivity contribution in [3.8, 4) is 17.2 Å². The minimum absolute atomic E-state index is 0.547. The molecule has 1 aromatic carbocycles. The third kappa shape index (κ3) is 2.66. The van der Waals surface area contributed by atoms with Gasteiger partial charge in [-0.1, -0.05) is 11.8 Å². The molecule has 5 nitrogen and oxygen atoms in total. The Morgan fingerprint density at radius 2 is 2.29 bits per heavy atom. The van der Waals surface area contributed by atoms with Crippen molar-refractivity contribution < 1.29 is 9.15 Å². The minimum atomic E-state index is 0.547. The van der Waals surface area contributed by atoms with E-state index in [-0.39, 0.29) is 0 Å². The van der Waals surface area contributed by atoms with Crippen LogP contribution < -0.4 is 4.74 Å². The van der Waals surface area contributed by atoms with Crippen LogP contribution in [0.5, 0.6) is 5.75 Å². The van der Waals surface area contributed by atoms with Crippen LogP contribution in [0.15, 0.2) is 38.7 Å². The van der Waals surface area contributed by atoms with Crippen molar-refractivity contribution in [1.29, 1.82) is 0 Å². The Morgan fingerprint density at radius 3 is 3.19 bits per heavy atom. The van der Waals surface area contributed by atoms with Crippen molar-refractivity contribution in [1.82, 2.24) is 15.2 Å². The van der Waals surface area contributed by atoms with Crippen LogP contribution >= 0.6 is 23.1 Å². The number of ether oxygens (including phenoxy) is 1. The molecule has 0 bridgehead atoms. The highest BCUT2D eigenvalue weighted by Gasteiger charge is 2.15. The van der Waals surface area contributed by atoms with E-state index in [4.69, 9.17) is 9.15 Å². The van der Waals surface area contributed by atoms with Crippen molar-refractivity contribution in [2.45, 2.75) is 17.4 Å². The van der Waals surface area contributed by atoms with Gasteiger partial charge < -0.3 is 9.15 Å². The van der Waals surface area contributed by atoms with Crippen LogP contribution in [0.1, 0.15) is 11.3 Å². The molecule has 0 atom stereocenters. The average molecular weight is 317 g/mol. The molecule has 7 heteroatoms. The lowest BCUT2D eigenvalue weighted by atomic mass is 10.1. The second-order valence-corrected chi connectivity index (χ2v) is 6.21. The molecule has 0 saturated carbocycles. The molecular formula is C14H11N3O2S2. The molecule has 3 heterocycles. The third-order valence-corrected chi connectivity index (χ3v) is 4.66. The lowest BCUT2D eigenvalue weighted by Crippen LogP contribution is -1.85. The number of aromatic nitrogens is 3. The first-order valence-corrected chi connectivity index (χ1v) is 8.41. The maximum absolute atomic E-state index is 5.70. The number of benzene rings is 1. The van der Waals surface area contributed by atoms with E-state index < -0.39 is 0 Å². The molecule has 0 radical (unpaired) electrons. The van der Waals surface area contributed by atoms with Gasteiger partial charge in [-0.05, 0) is 23.8 Å². The van der Waals surface area contributed by atoms with E-state index in [1.165, 1.54) is 17.3 Å². The van der Waals surface area contributed by atoms with Crippen LogP contribution in [-0.4, -0.2) is 21.8 Å². The summed E-state index contributed by atoms with van der Waals surface area (Å²) in [5.41, 5.74) is 4.98. The molecule has 4 rings (SSSR count). The van der Waals surface area contributed by atoms with Gasteiger partial charge in [-0.25, -0.2) is 4.98 Å². The van der Waals surface area contributed by atoms with Gasteiger partial charge in [-0.2, -0.15) is 0 Å². The van der Waals surface area contributed by atoms with Crippen molar-refractivity contribution in [2.24, 2.45) is 0 Å². The van der Waals surface area contributed by atoms with Crippen molar-refractivity contribution in [2.75, 3.05) is 6.61 Å². The van der Waals surface area contributed by atoms with Crippen LogP contribution in [0.3, 0.4) is 0 Å². The first-order chi connectivity index (χ1) is 10.4. The molecule has 1 aliphatic rings. The summed E-state index contributed by atoms with van der Waals surface area (Å²) in [5, 5.41) is 10.8. The van der Waals surface area contributed by atoms with Gasteiger partial charge in [0, 0.05) is 23.1 Å². The highest BCUT2D eigenvalue weighted by molar-refractivity contribution is 7.98. The van der Waals surface area contributed by atoms with E-state index in [2.05, 4.69) is 21.2 Å².